The molecule has 2 N–H and O–H groups in total. The van der Waals surface area contributed by atoms with Gasteiger partial charge in [-0.05, 0) is 0 Å². The van der Waals surface area contributed by atoms with Crippen LogP contribution in [0.25, 0.3) is 0 Å². The third kappa shape index (κ3) is 26.2. The molecule has 0 aliphatic carbocycles. The molecule has 0 aliphatic rings. The molecular weight excluding hydrogens is 462 g/mol. The predicted octanol–water partition coefficient (Wildman–Crippen LogP) is 0.681. The number of phosphoric ester groups is 1. The van der Waals surface area contributed by atoms with Crippen LogP contribution < -0.4 is 0 Å². The summed E-state index contributed by atoms with van der Waals surface area (Å²) in [5, 5.41) is 0. The fourth-order valence-electron chi connectivity index (χ4n) is 1.73. The molecule has 0 radical (unpaired) electrons. The predicted molar refractivity (Wildman–Crippen MR) is 109 cm³/mol. The maximum Gasteiger partial charge on any atom is 0.472 e. The lowest BCUT2D eigenvalue weighted by Crippen LogP contribution is -2.13. The Balaban J connectivity index is 3.36. The molecular formula is C16H36O13P2. The monoisotopic (exact) mass is 498 g/mol. The minimum atomic E-state index is -4.17. The second kappa shape index (κ2) is 20.6. The molecule has 0 amide bonds. The van der Waals surface area contributed by atoms with Crippen LogP contribution in [-0.4, -0.2) is 116 Å². The van der Waals surface area contributed by atoms with Gasteiger partial charge in [-0.1, -0.05) is 0 Å². The average molecular weight is 498 g/mol. The van der Waals surface area contributed by atoms with E-state index in [-0.39, 0.29) is 52.9 Å². The van der Waals surface area contributed by atoms with Gasteiger partial charge in [0.1, 0.15) is 0 Å². The summed E-state index contributed by atoms with van der Waals surface area (Å²) in [6.45, 7) is 4.29. The van der Waals surface area contributed by atoms with Crippen LogP contribution in [-0.2, 0) is 51.1 Å². The van der Waals surface area contributed by atoms with Crippen LogP contribution in [0.2, 0.25) is 0 Å². The Morgan fingerprint density at radius 2 is 0.806 bits per heavy atom. The van der Waals surface area contributed by atoms with E-state index in [1.54, 1.807) is 7.11 Å². The Hall–Kier alpha value is 0.0200. The summed E-state index contributed by atoms with van der Waals surface area (Å²) in [4.78, 5) is 18.4. The van der Waals surface area contributed by atoms with Crippen molar-refractivity contribution in [2.75, 3.05) is 106 Å². The quantitative estimate of drug-likeness (QED) is 0.142. The molecule has 13 nitrogen and oxygen atoms in total. The molecule has 0 aromatic heterocycles. The van der Waals surface area contributed by atoms with Gasteiger partial charge < -0.3 is 42.7 Å². The number of methoxy groups -OCH3 is 1. The van der Waals surface area contributed by atoms with E-state index in [0.717, 1.165) is 6.66 Å². The number of hydrogen-bond acceptors (Lipinski definition) is 11. The summed E-state index contributed by atoms with van der Waals surface area (Å²) in [5.74, 6) is 0. The molecule has 0 aliphatic heterocycles. The SMILES string of the molecule is COCCOCCOCCOCCOP(=O)(O)OCCOCCOCCOP(C)(=O)O. The molecule has 0 fully saturated rings. The Labute approximate surface area is 183 Å². The highest BCUT2D eigenvalue weighted by Crippen LogP contribution is 2.42. The fourth-order valence-corrected chi connectivity index (χ4v) is 2.83. The standard InChI is InChI=1S/C16H36O13P2/c1-21-3-4-22-5-6-23-7-8-25-12-15-28-31(19,20)29-16-13-26-10-9-24-11-14-27-30(2,17)18/h3-16H2,1-2H3,(H,17,18)(H,19,20). The van der Waals surface area contributed by atoms with Crippen molar-refractivity contribution in [1.82, 2.24) is 0 Å². The topological polar surface area (TPSA) is 158 Å². The van der Waals surface area contributed by atoms with Crippen molar-refractivity contribution >= 4 is 15.4 Å². The maximum absolute atomic E-state index is 11.7. The van der Waals surface area contributed by atoms with Crippen LogP contribution in [0.15, 0.2) is 0 Å². The molecule has 0 saturated carbocycles. The van der Waals surface area contributed by atoms with Crippen LogP contribution >= 0.6 is 15.4 Å². The Morgan fingerprint density at radius 3 is 1.13 bits per heavy atom. The van der Waals surface area contributed by atoms with Gasteiger partial charge in [-0.15, -0.1) is 0 Å². The van der Waals surface area contributed by atoms with E-state index in [9.17, 15) is 14.0 Å². The zero-order chi connectivity index (χ0) is 23.3. The van der Waals surface area contributed by atoms with Crippen molar-refractivity contribution in [1.29, 1.82) is 0 Å². The lowest BCUT2D eigenvalue weighted by atomic mass is 10.7. The summed E-state index contributed by atoms with van der Waals surface area (Å²) >= 11 is 0. The van der Waals surface area contributed by atoms with Gasteiger partial charge >= 0.3 is 15.4 Å². The highest BCUT2D eigenvalue weighted by atomic mass is 31.2. The lowest BCUT2D eigenvalue weighted by molar-refractivity contribution is -0.00271. The Kier molecular flexibility index (Phi) is 20.6. The molecule has 0 saturated heterocycles. The van der Waals surface area contributed by atoms with Gasteiger partial charge in [-0.2, -0.15) is 0 Å². The Bertz CT molecular complexity index is 488. The van der Waals surface area contributed by atoms with Gasteiger partial charge in [-0.25, -0.2) is 4.57 Å². The highest BCUT2D eigenvalue weighted by Gasteiger charge is 2.20. The van der Waals surface area contributed by atoms with Crippen LogP contribution in [0.1, 0.15) is 0 Å². The van der Waals surface area contributed by atoms with Crippen molar-refractivity contribution in [2.45, 2.75) is 0 Å². The van der Waals surface area contributed by atoms with Gasteiger partial charge in [-0.3, -0.25) is 13.6 Å². The summed E-state index contributed by atoms with van der Waals surface area (Å²) < 4.78 is 67.5. The van der Waals surface area contributed by atoms with Gasteiger partial charge in [0, 0.05) is 13.8 Å². The van der Waals surface area contributed by atoms with Crippen LogP contribution in [0.4, 0.5) is 0 Å². The van der Waals surface area contributed by atoms with Crippen LogP contribution in [0, 0.1) is 0 Å². The first-order valence-corrected chi connectivity index (χ1v) is 13.2. The molecule has 0 spiro atoms. The smallest absolute Gasteiger partial charge is 0.382 e. The summed E-state index contributed by atoms with van der Waals surface area (Å²) in [5.41, 5.74) is 0. The molecule has 0 heterocycles. The zero-order valence-electron chi connectivity index (χ0n) is 18.2. The van der Waals surface area contributed by atoms with Crippen molar-refractivity contribution in [3.05, 3.63) is 0 Å². The molecule has 0 aromatic rings. The molecule has 2 unspecified atom stereocenters. The van der Waals surface area contributed by atoms with E-state index in [2.05, 4.69) is 4.52 Å². The third-order valence-electron chi connectivity index (χ3n) is 3.07. The first-order valence-electron chi connectivity index (χ1n) is 9.71. The number of ether oxygens (including phenoxy) is 6. The first-order chi connectivity index (χ1) is 14.8. The van der Waals surface area contributed by atoms with Crippen LogP contribution in [0.5, 0.6) is 0 Å². The zero-order valence-corrected chi connectivity index (χ0v) is 20.0. The molecule has 31 heavy (non-hydrogen) atoms. The first kappa shape index (κ1) is 31.0. The van der Waals surface area contributed by atoms with Crippen molar-refractivity contribution < 1.29 is 60.9 Å². The molecule has 0 rings (SSSR count). The normalized spacial score (nSPS) is 15.6. The number of hydrogen-bond donors (Lipinski definition) is 2. The molecule has 0 aromatic carbocycles. The van der Waals surface area contributed by atoms with E-state index in [1.165, 1.54) is 0 Å². The molecule has 15 heteroatoms. The highest BCUT2D eigenvalue weighted by molar-refractivity contribution is 7.51. The molecule has 188 valence electrons. The third-order valence-corrected chi connectivity index (χ3v) is 4.75. The Morgan fingerprint density at radius 1 is 0.516 bits per heavy atom. The maximum atomic E-state index is 11.7. The van der Waals surface area contributed by atoms with Crippen molar-refractivity contribution in [2.24, 2.45) is 0 Å². The summed E-state index contributed by atoms with van der Waals surface area (Å²) in [7, 11) is -6.06. The van der Waals surface area contributed by atoms with Gasteiger partial charge in [0.2, 0.25) is 0 Å². The number of phosphoric acid groups is 1. The largest absolute Gasteiger partial charge is 0.472 e. The summed E-state index contributed by atoms with van der Waals surface area (Å²) in [6.07, 6.45) is 0. The second-order valence-electron chi connectivity index (χ2n) is 5.83. The van der Waals surface area contributed by atoms with E-state index in [4.69, 9.17) is 42.4 Å². The second-order valence-corrected chi connectivity index (χ2v) is 9.14. The van der Waals surface area contributed by atoms with Crippen molar-refractivity contribution in [3.8, 4) is 0 Å². The van der Waals surface area contributed by atoms with Crippen LogP contribution in [0.3, 0.4) is 0 Å². The molecule has 2 atom stereocenters. The number of rotatable bonds is 24. The molecule has 0 bridgehead atoms. The lowest BCUT2D eigenvalue weighted by Gasteiger charge is -2.12. The van der Waals surface area contributed by atoms with E-state index in [0.29, 0.717) is 39.6 Å². The van der Waals surface area contributed by atoms with E-state index in [1.807, 2.05) is 0 Å². The fraction of sp³-hybridized carbons (Fsp3) is 1.00. The average Bonchev–Trinajstić information content (AvgIpc) is 2.69. The van der Waals surface area contributed by atoms with Gasteiger partial charge in [0.25, 0.3) is 0 Å². The summed E-state index contributed by atoms with van der Waals surface area (Å²) in [6, 6.07) is 0. The van der Waals surface area contributed by atoms with E-state index >= 15 is 0 Å². The van der Waals surface area contributed by atoms with Crippen molar-refractivity contribution in [3.63, 3.8) is 0 Å². The minimum absolute atomic E-state index is 0.000561. The van der Waals surface area contributed by atoms with Gasteiger partial charge in [0.15, 0.2) is 0 Å². The van der Waals surface area contributed by atoms with E-state index < -0.39 is 15.4 Å². The van der Waals surface area contributed by atoms with Gasteiger partial charge in [0.05, 0.1) is 92.5 Å². The minimum Gasteiger partial charge on any atom is -0.382 e.